The molecule has 0 bridgehead atoms. The van der Waals surface area contributed by atoms with Gasteiger partial charge in [0.15, 0.2) is 5.78 Å². The summed E-state index contributed by atoms with van der Waals surface area (Å²) in [5, 5.41) is 3.44. The van der Waals surface area contributed by atoms with Crippen LogP contribution in [0.4, 0.5) is 0 Å². The lowest BCUT2D eigenvalue weighted by Crippen LogP contribution is -2.41. The minimum Gasteiger partial charge on any atom is -0.304 e. The smallest absolute Gasteiger partial charge is 0.180 e. The Hall–Kier alpha value is -0.670. The van der Waals surface area contributed by atoms with E-state index in [2.05, 4.69) is 27.3 Å². The normalized spacial score (nSPS) is 24.3. The van der Waals surface area contributed by atoms with Gasteiger partial charge in [0.05, 0.1) is 6.04 Å². The van der Waals surface area contributed by atoms with Crippen LogP contribution < -0.4 is 5.32 Å². The molecule has 1 N–H and O–H groups in total. The molecule has 2 nitrogen and oxygen atoms in total. The molecule has 0 radical (unpaired) electrons. The zero-order chi connectivity index (χ0) is 11.1. The maximum Gasteiger partial charge on any atom is 0.180 e. The molecule has 84 valence electrons. The molecule has 1 saturated carbocycles. The molecule has 0 aliphatic heterocycles. The number of halogens is 1. The van der Waals surface area contributed by atoms with Gasteiger partial charge in [-0.1, -0.05) is 22.0 Å². The summed E-state index contributed by atoms with van der Waals surface area (Å²) < 4.78 is 0.992. The van der Waals surface area contributed by atoms with Crippen molar-refractivity contribution in [1.82, 2.24) is 5.32 Å². The number of hydrogen-bond donors (Lipinski definition) is 1. The predicted molar refractivity (Wildman–Crippen MR) is 66.7 cm³/mol. The first-order chi connectivity index (χ1) is 7.74. The Morgan fingerprint density at radius 1 is 1.25 bits per heavy atom. The quantitative estimate of drug-likeness (QED) is 0.902. The van der Waals surface area contributed by atoms with E-state index in [0.717, 1.165) is 22.9 Å². The van der Waals surface area contributed by atoms with Crippen LogP contribution in [0.2, 0.25) is 0 Å². The van der Waals surface area contributed by atoms with Gasteiger partial charge in [-0.2, -0.15) is 0 Å². The van der Waals surface area contributed by atoms with Crippen LogP contribution in [-0.4, -0.2) is 17.9 Å². The van der Waals surface area contributed by atoms with Crippen molar-refractivity contribution in [3.8, 4) is 0 Å². The Bertz CT molecular complexity index is 440. The predicted octanol–water partition coefficient (Wildman–Crippen LogP) is 2.70. The van der Waals surface area contributed by atoms with Crippen molar-refractivity contribution < 1.29 is 4.79 Å². The SMILES string of the molecule is O=C1c2cc(Br)ccc2CCC1NC1CC1. The summed E-state index contributed by atoms with van der Waals surface area (Å²) in [5.41, 5.74) is 2.10. The van der Waals surface area contributed by atoms with E-state index in [9.17, 15) is 4.79 Å². The van der Waals surface area contributed by atoms with Gasteiger partial charge in [0, 0.05) is 16.1 Å². The lowest BCUT2D eigenvalue weighted by atomic mass is 9.87. The average molecular weight is 280 g/mol. The number of rotatable bonds is 2. The zero-order valence-corrected chi connectivity index (χ0v) is 10.6. The number of fused-ring (bicyclic) bond motifs is 1. The number of nitrogens with one attached hydrogen (secondary N) is 1. The number of carbonyl (C=O) groups excluding carboxylic acids is 1. The largest absolute Gasteiger partial charge is 0.304 e. The van der Waals surface area contributed by atoms with Gasteiger partial charge in [-0.05, 0) is 43.4 Å². The Labute approximate surface area is 104 Å². The van der Waals surface area contributed by atoms with E-state index in [1.54, 1.807) is 0 Å². The second kappa shape index (κ2) is 3.97. The highest BCUT2D eigenvalue weighted by Gasteiger charge is 2.32. The average Bonchev–Trinajstić information content (AvgIpc) is 3.07. The second-order valence-corrected chi connectivity index (χ2v) is 5.61. The summed E-state index contributed by atoms with van der Waals surface area (Å²) in [6.45, 7) is 0. The summed E-state index contributed by atoms with van der Waals surface area (Å²) in [4.78, 5) is 12.2. The van der Waals surface area contributed by atoms with Gasteiger partial charge < -0.3 is 5.32 Å². The number of Topliss-reactive ketones (excluding diaryl/α,β-unsaturated/α-hetero) is 1. The Kier molecular flexibility index (Phi) is 2.60. The summed E-state index contributed by atoms with van der Waals surface area (Å²) in [6.07, 6.45) is 4.42. The molecule has 1 aromatic carbocycles. The van der Waals surface area contributed by atoms with Crippen molar-refractivity contribution in [3.63, 3.8) is 0 Å². The van der Waals surface area contributed by atoms with Crippen LogP contribution in [0.5, 0.6) is 0 Å². The third-order valence-electron chi connectivity index (χ3n) is 3.37. The molecular formula is C13H14BrNO. The lowest BCUT2D eigenvalue weighted by Gasteiger charge is -2.24. The van der Waals surface area contributed by atoms with Crippen molar-refractivity contribution in [3.05, 3.63) is 33.8 Å². The third kappa shape index (κ3) is 1.94. The van der Waals surface area contributed by atoms with E-state index in [0.29, 0.717) is 6.04 Å². The van der Waals surface area contributed by atoms with Crippen molar-refractivity contribution >= 4 is 21.7 Å². The summed E-state index contributed by atoms with van der Waals surface area (Å²) in [6, 6.07) is 6.68. The summed E-state index contributed by atoms with van der Waals surface area (Å²) >= 11 is 3.43. The van der Waals surface area contributed by atoms with E-state index < -0.39 is 0 Å². The first kappa shape index (κ1) is 10.5. The molecule has 0 saturated heterocycles. The molecule has 1 unspecified atom stereocenters. The zero-order valence-electron chi connectivity index (χ0n) is 9.00. The van der Waals surface area contributed by atoms with Crippen LogP contribution in [0.25, 0.3) is 0 Å². The van der Waals surface area contributed by atoms with Gasteiger partial charge in [0.2, 0.25) is 0 Å². The van der Waals surface area contributed by atoms with Gasteiger partial charge in [0.1, 0.15) is 0 Å². The molecule has 0 aromatic heterocycles. The topological polar surface area (TPSA) is 29.1 Å². The molecule has 2 aliphatic rings. The van der Waals surface area contributed by atoms with Gasteiger partial charge in [0.25, 0.3) is 0 Å². The molecule has 1 aromatic rings. The minimum atomic E-state index is 0.0503. The minimum absolute atomic E-state index is 0.0503. The number of carbonyl (C=O) groups is 1. The van der Waals surface area contributed by atoms with Crippen molar-refractivity contribution in [2.75, 3.05) is 0 Å². The van der Waals surface area contributed by atoms with Gasteiger partial charge in [-0.25, -0.2) is 0 Å². The highest BCUT2D eigenvalue weighted by atomic mass is 79.9. The number of benzene rings is 1. The number of aryl methyl sites for hydroxylation is 1. The highest BCUT2D eigenvalue weighted by molar-refractivity contribution is 9.10. The fourth-order valence-electron chi connectivity index (χ4n) is 2.31. The molecule has 0 amide bonds. The van der Waals surface area contributed by atoms with Crippen LogP contribution in [0.1, 0.15) is 35.2 Å². The standard InChI is InChI=1S/C13H14BrNO/c14-9-3-1-8-2-6-12(15-10-4-5-10)13(16)11(8)7-9/h1,3,7,10,12,15H,2,4-6H2. The van der Waals surface area contributed by atoms with E-state index in [4.69, 9.17) is 0 Å². The fourth-order valence-corrected chi connectivity index (χ4v) is 2.67. The van der Waals surface area contributed by atoms with Crippen LogP contribution in [0.15, 0.2) is 22.7 Å². The van der Waals surface area contributed by atoms with Crippen LogP contribution in [0, 0.1) is 0 Å². The van der Waals surface area contributed by atoms with Gasteiger partial charge in [-0.3, -0.25) is 4.79 Å². The summed E-state index contributed by atoms with van der Waals surface area (Å²) in [7, 11) is 0. The second-order valence-electron chi connectivity index (χ2n) is 4.70. The van der Waals surface area contributed by atoms with E-state index in [-0.39, 0.29) is 11.8 Å². The van der Waals surface area contributed by atoms with Crippen molar-refractivity contribution in [1.29, 1.82) is 0 Å². The molecule has 1 atom stereocenters. The molecular weight excluding hydrogens is 266 g/mol. The summed E-state index contributed by atoms with van der Waals surface area (Å²) in [5.74, 6) is 0.273. The van der Waals surface area contributed by atoms with E-state index in [1.807, 2.05) is 12.1 Å². The molecule has 3 heteroatoms. The van der Waals surface area contributed by atoms with Crippen molar-refractivity contribution in [2.24, 2.45) is 0 Å². The van der Waals surface area contributed by atoms with Crippen LogP contribution >= 0.6 is 15.9 Å². The van der Waals surface area contributed by atoms with E-state index >= 15 is 0 Å². The first-order valence-electron chi connectivity index (χ1n) is 5.83. The fraction of sp³-hybridized carbons (Fsp3) is 0.462. The third-order valence-corrected chi connectivity index (χ3v) is 3.86. The Morgan fingerprint density at radius 3 is 2.81 bits per heavy atom. The van der Waals surface area contributed by atoms with Crippen molar-refractivity contribution in [2.45, 2.75) is 37.8 Å². The molecule has 2 aliphatic carbocycles. The van der Waals surface area contributed by atoms with Gasteiger partial charge in [-0.15, -0.1) is 0 Å². The Balaban J connectivity index is 1.87. The highest BCUT2D eigenvalue weighted by Crippen LogP contribution is 2.27. The number of hydrogen-bond acceptors (Lipinski definition) is 2. The Morgan fingerprint density at radius 2 is 2.06 bits per heavy atom. The van der Waals surface area contributed by atoms with Crippen LogP contribution in [-0.2, 0) is 6.42 Å². The molecule has 16 heavy (non-hydrogen) atoms. The lowest BCUT2D eigenvalue weighted by molar-refractivity contribution is 0.0927. The molecule has 1 fully saturated rings. The maximum atomic E-state index is 12.2. The molecule has 0 spiro atoms. The van der Waals surface area contributed by atoms with Gasteiger partial charge >= 0.3 is 0 Å². The first-order valence-corrected chi connectivity index (χ1v) is 6.62. The maximum absolute atomic E-state index is 12.2. The van der Waals surface area contributed by atoms with Crippen LogP contribution in [0.3, 0.4) is 0 Å². The van der Waals surface area contributed by atoms with E-state index in [1.165, 1.54) is 18.4 Å². The monoisotopic (exact) mass is 279 g/mol. The number of ketones is 1. The molecule has 3 rings (SSSR count). The molecule has 0 heterocycles.